The van der Waals surface area contributed by atoms with Crippen molar-refractivity contribution in [3.8, 4) is 16.8 Å². The maximum absolute atomic E-state index is 13.5. The summed E-state index contributed by atoms with van der Waals surface area (Å²) in [6.45, 7) is 5.21. The van der Waals surface area contributed by atoms with Crippen LogP contribution in [0.25, 0.3) is 27.2 Å². The molecular weight excluding hydrogens is 604 g/mol. The molecule has 2 aliphatic rings. The third kappa shape index (κ3) is 5.27. The van der Waals surface area contributed by atoms with E-state index in [1.54, 1.807) is 27.8 Å². The molecule has 0 bridgehead atoms. The summed E-state index contributed by atoms with van der Waals surface area (Å²) in [4.78, 5) is -0.200. The summed E-state index contributed by atoms with van der Waals surface area (Å²) < 4.78 is 97.7. The van der Waals surface area contributed by atoms with Crippen LogP contribution in [0.4, 0.5) is 13.2 Å². The van der Waals surface area contributed by atoms with Gasteiger partial charge in [0.1, 0.15) is 11.2 Å². The van der Waals surface area contributed by atoms with Gasteiger partial charge in [-0.25, -0.2) is 16.8 Å². The highest BCUT2D eigenvalue weighted by atomic mass is 32.2. The topological polar surface area (TPSA) is 151 Å². The first-order chi connectivity index (χ1) is 19.0. The Balaban J connectivity index is 1.72. The van der Waals surface area contributed by atoms with Crippen LogP contribution in [0.1, 0.15) is 50.6 Å². The number of hydrogen-bond donors (Lipinski definition) is 1. The summed E-state index contributed by atoms with van der Waals surface area (Å²) >= 11 is 0.289. The molecule has 2 aromatic heterocycles. The van der Waals surface area contributed by atoms with Crippen LogP contribution < -0.4 is 4.72 Å². The standard InChI is InChI=1S/C24H26F3N7O4S3/c1-13(2)41(37,38)34-8-5-16(14(3)11-34)17-9-15(40(35,36)32-23(12-28)6-7-23)10-18-19(31-33(4)20(17)18)21-29-30-22(39-21)24(25,26)27/h9-10,13,32H,5-8,11H2,1-4H3. The van der Waals surface area contributed by atoms with Crippen LogP contribution in [-0.2, 0) is 33.3 Å². The molecule has 3 heterocycles. The first-order valence-corrected chi connectivity index (χ1v) is 16.3. The van der Waals surface area contributed by atoms with Crippen LogP contribution in [-0.4, -0.2) is 65.0 Å². The van der Waals surface area contributed by atoms with E-state index < -0.39 is 42.0 Å². The average molecular weight is 630 g/mol. The van der Waals surface area contributed by atoms with Crippen molar-refractivity contribution in [2.45, 2.75) is 61.9 Å². The van der Waals surface area contributed by atoms with E-state index in [0.717, 1.165) is 0 Å². The van der Waals surface area contributed by atoms with Gasteiger partial charge in [0.15, 0.2) is 5.01 Å². The van der Waals surface area contributed by atoms with Crippen molar-refractivity contribution in [3.05, 3.63) is 28.3 Å². The minimum Gasteiger partial charge on any atom is -0.267 e. The van der Waals surface area contributed by atoms with Gasteiger partial charge in [0.05, 0.1) is 21.7 Å². The quantitative estimate of drug-likeness (QED) is 0.416. The van der Waals surface area contributed by atoms with E-state index in [1.807, 2.05) is 6.07 Å². The lowest BCUT2D eigenvalue weighted by atomic mass is 9.93. The van der Waals surface area contributed by atoms with Gasteiger partial charge in [-0.15, -0.1) is 10.2 Å². The van der Waals surface area contributed by atoms with Crippen molar-refractivity contribution in [3.63, 3.8) is 0 Å². The van der Waals surface area contributed by atoms with E-state index in [1.165, 1.54) is 21.1 Å². The van der Waals surface area contributed by atoms with Crippen LogP contribution in [0.3, 0.4) is 0 Å². The maximum atomic E-state index is 13.5. The summed E-state index contributed by atoms with van der Waals surface area (Å²) in [7, 11) is -6.20. The van der Waals surface area contributed by atoms with Gasteiger partial charge in [0.25, 0.3) is 0 Å². The number of hydrogen-bond acceptors (Lipinski definition) is 9. The van der Waals surface area contributed by atoms with Gasteiger partial charge in [-0.3, -0.25) is 4.68 Å². The highest BCUT2D eigenvalue weighted by Crippen LogP contribution is 2.42. The zero-order valence-electron chi connectivity index (χ0n) is 22.4. The Hall–Kier alpha value is -2.91. The molecule has 1 fully saturated rings. The van der Waals surface area contributed by atoms with Crippen LogP contribution in [0.15, 0.2) is 22.6 Å². The van der Waals surface area contributed by atoms with Crippen molar-refractivity contribution < 1.29 is 30.0 Å². The van der Waals surface area contributed by atoms with Crippen molar-refractivity contribution in [1.82, 2.24) is 29.0 Å². The Morgan fingerprint density at radius 2 is 1.85 bits per heavy atom. The largest absolute Gasteiger partial charge is 0.445 e. The Labute approximate surface area is 238 Å². The molecule has 3 aromatic rings. The van der Waals surface area contributed by atoms with Gasteiger partial charge in [-0.05, 0) is 57.7 Å². The van der Waals surface area contributed by atoms with Crippen LogP contribution in [0, 0.1) is 11.3 Å². The lowest BCUT2D eigenvalue weighted by molar-refractivity contribution is -0.138. The molecule has 0 atom stereocenters. The summed E-state index contributed by atoms with van der Waals surface area (Å²) in [5.74, 6) is 0. The molecule has 1 aliphatic carbocycles. The molecule has 1 N–H and O–H groups in total. The Kier molecular flexibility index (Phi) is 7.09. The molecular formula is C24H26F3N7O4S3. The van der Waals surface area contributed by atoms with Crippen molar-refractivity contribution in [2.75, 3.05) is 13.1 Å². The molecule has 0 unspecified atom stereocenters. The second-order valence-electron chi connectivity index (χ2n) is 10.5. The summed E-state index contributed by atoms with van der Waals surface area (Å²) in [6, 6.07) is 4.73. The number of halogens is 3. The van der Waals surface area contributed by atoms with Crippen LogP contribution in [0.2, 0.25) is 0 Å². The minimum absolute atomic E-state index is 0.0216. The molecule has 5 rings (SSSR count). The summed E-state index contributed by atoms with van der Waals surface area (Å²) in [5, 5.41) is 19.1. The first kappa shape index (κ1) is 29.6. The number of aromatic nitrogens is 4. The van der Waals surface area contributed by atoms with Gasteiger partial charge < -0.3 is 0 Å². The normalized spacial score (nSPS) is 18.3. The lowest BCUT2D eigenvalue weighted by Crippen LogP contribution is -2.40. The fourth-order valence-electron chi connectivity index (χ4n) is 4.81. The molecule has 0 saturated heterocycles. The predicted octanol–water partition coefficient (Wildman–Crippen LogP) is 3.66. The van der Waals surface area contributed by atoms with E-state index >= 15 is 0 Å². The molecule has 220 valence electrons. The van der Waals surface area contributed by atoms with Gasteiger partial charge in [0, 0.05) is 31.1 Å². The monoisotopic (exact) mass is 629 g/mol. The number of benzene rings is 1. The fraction of sp³-hybridized carbons (Fsp3) is 0.500. The van der Waals surface area contributed by atoms with E-state index in [0.29, 0.717) is 35.1 Å². The number of nitrogens with zero attached hydrogens (tertiary/aromatic N) is 6. The van der Waals surface area contributed by atoms with E-state index in [2.05, 4.69) is 20.0 Å². The van der Waals surface area contributed by atoms with Crippen molar-refractivity contribution in [2.24, 2.45) is 7.05 Å². The van der Waals surface area contributed by atoms with Crippen LogP contribution in [0.5, 0.6) is 0 Å². The number of aryl methyl sites for hydroxylation is 1. The maximum Gasteiger partial charge on any atom is 0.445 e. The fourth-order valence-corrected chi connectivity index (χ4v) is 8.27. The van der Waals surface area contributed by atoms with Gasteiger partial charge >= 0.3 is 6.18 Å². The highest BCUT2D eigenvalue weighted by molar-refractivity contribution is 7.90. The summed E-state index contributed by atoms with van der Waals surface area (Å²) in [5.41, 5.74) is 1.10. The summed E-state index contributed by atoms with van der Waals surface area (Å²) in [6.07, 6.45) is -3.74. The molecule has 1 saturated carbocycles. The molecule has 17 heteroatoms. The minimum atomic E-state index is -4.72. The second kappa shape index (κ2) is 9.83. The number of nitrogens with one attached hydrogen (secondary N) is 1. The average Bonchev–Trinajstić information content (AvgIpc) is 3.30. The first-order valence-electron chi connectivity index (χ1n) is 12.5. The van der Waals surface area contributed by atoms with Gasteiger partial charge in [0.2, 0.25) is 25.1 Å². The molecule has 0 amide bonds. The second-order valence-corrected chi connectivity index (χ2v) is 15.6. The third-order valence-corrected chi connectivity index (χ3v) is 11.9. The Morgan fingerprint density at radius 1 is 1.17 bits per heavy atom. The lowest BCUT2D eigenvalue weighted by Gasteiger charge is -2.31. The number of nitriles is 1. The molecule has 0 spiro atoms. The van der Waals surface area contributed by atoms with Gasteiger partial charge in [-0.1, -0.05) is 16.9 Å². The van der Waals surface area contributed by atoms with Crippen LogP contribution >= 0.6 is 11.3 Å². The van der Waals surface area contributed by atoms with E-state index in [9.17, 15) is 35.3 Å². The number of sulfonamides is 2. The van der Waals surface area contributed by atoms with E-state index in [-0.39, 0.29) is 51.8 Å². The molecule has 1 aromatic carbocycles. The van der Waals surface area contributed by atoms with Gasteiger partial charge in [-0.2, -0.15) is 32.6 Å². The number of rotatable bonds is 7. The smallest absolute Gasteiger partial charge is 0.267 e. The Bertz CT molecular complexity index is 1850. The SMILES string of the molecule is CC1=C(c2cc(S(=O)(=O)NC3(C#N)CC3)cc3c(-c4nnc(C(F)(F)F)s4)nn(C)c23)CCN(S(=O)(=O)C(C)C)C1. The zero-order chi connectivity index (χ0) is 30.1. The zero-order valence-corrected chi connectivity index (χ0v) is 24.9. The van der Waals surface area contributed by atoms with E-state index in [4.69, 9.17) is 0 Å². The number of alkyl halides is 3. The molecule has 0 radical (unpaired) electrons. The predicted molar refractivity (Wildman–Crippen MR) is 145 cm³/mol. The Morgan fingerprint density at radius 3 is 2.39 bits per heavy atom. The van der Waals surface area contributed by atoms with Crippen molar-refractivity contribution >= 4 is 47.9 Å². The van der Waals surface area contributed by atoms with Crippen molar-refractivity contribution in [1.29, 1.82) is 5.26 Å². The third-order valence-electron chi connectivity index (χ3n) is 7.21. The molecule has 11 nitrogen and oxygen atoms in total. The number of fused-ring (bicyclic) bond motifs is 1. The molecule has 1 aliphatic heterocycles. The molecule has 41 heavy (non-hydrogen) atoms. The highest BCUT2D eigenvalue weighted by Gasteiger charge is 2.47.